The van der Waals surface area contributed by atoms with Crippen molar-refractivity contribution in [3.05, 3.63) is 64.7 Å². The van der Waals surface area contributed by atoms with Crippen LogP contribution in [0, 0.1) is 18.3 Å². The van der Waals surface area contributed by atoms with E-state index < -0.39 is 0 Å². The predicted molar refractivity (Wildman–Crippen MR) is 79.3 cm³/mol. The molecule has 0 aromatic heterocycles. The third-order valence-electron chi connectivity index (χ3n) is 3.11. The van der Waals surface area contributed by atoms with Gasteiger partial charge in [0.2, 0.25) is 0 Å². The smallest absolute Gasteiger partial charge is 0.124 e. The minimum absolute atomic E-state index is 0.0731. The third kappa shape index (κ3) is 3.37. The molecule has 1 atom stereocenters. The number of benzene rings is 2. The van der Waals surface area contributed by atoms with Crippen LogP contribution in [0.5, 0.6) is 5.75 Å². The van der Waals surface area contributed by atoms with Crippen molar-refractivity contribution in [3.8, 4) is 11.8 Å². The molecule has 2 aromatic rings. The first-order chi connectivity index (χ1) is 9.60. The second kappa shape index (κ2) is 6.23. The van der Waals surface area contributed by atoms with Gasteiger partial charge in [0.05, 0.1) is 11.6 Å². The van der Waals surface area contributed by atoms with E-state index in [-0.39, 0.29) is 6.04 Å². The minimum Gasteiger partial charge on any atom is -0.489 e. The minimum atomic E-state index is -0.0731. The molecule has 0 unspecified atom stereocenters. The van der Waals surface area contributed by atoms with Gasteiger partial charge in [-0.05, 0) is 43.2 Å². The lowest BCUT2D eigenvalue weighted by molar-refractivity contribution is 0.301. The molecule has 3 heteroatoms. The SMILES string of the molecule is Cc1ccc([C@@H](C)N)c(OCc2cccc(C#N)c2)c1. The molecule has 0 aliphatic heterocycles. The molecular formula is C17H18N2O. The summed E-state index contributed by atoms with van der Waals surface area (Å²) in [5.74, 6) is 0.808. The van der Waals surface area contributed by atoms with Gasteiger partial charge in [0.25, 0.3) is 0 Å². The third-order valence-corrected chi connectivity index (χ3v) is 3.11. The molecule has 0 aliphatic carbocycles. The van der Waals surface area contributed by atoms with Gasteiger partial charge in [0.15, 0.2) is 0 Å². The summed E-state index contributed by atoms with van der Waals surface area (Å²) in [6.07, 6.45) is 0. The van der Waals surface area contributed by atoms with E-state index in [0.717, 1.165) is 22.4 Å². The topological polar surface area (TPSA) is 59.0 Å². The van der Waals surface area contributed by atoms with Gasteiger partial charge in [-0.1, -0.05) is 24.3 Å². The lowest BCUT2D eigenvalue weighted by atomic mass is 10.1. The van der Waals surface area contributed by atoms with Crippen molar-refractivity contribution in [1.82, 2.24) is 0 Å². The fraction of sp³-hybridized carbons (Fsp3) is 0.235. The lowest BCUT2D eigenvalue weighted by Crippen LogP contribution is -2.08. The molecule has 0 radical (unpaired) electrons. The van der Waals surface area contributed by atoms with Crippen LogP contribution >= 0.6 is 0 Å². The van der Waals surface area contributed by atoms with Gasteiger partial charge in [-0.3, -0.25) is 0 Å². The largest absolute Gasteiger partial charge is 0.489 e. The van der Waals surface area contributed by atoms with E-state index in [9.17, 15) is 0 Å². The Morgan fingerprint density at radius 2 is 2.05 bits per heavy atom. The van der Waals surface area contributed by atoms with Crippen LogP contribution in [0.1, 0.15) is 35.2 Å². The van der Waals surface area contributed by atoms with Gasteiger partial charge in [-0.25, -0.2) is 0 Å². The number of rotatable bonds is 4. The monoisotopic (exact) mass is 266 g/mol. The maximum absolute atomic E-state index is 8.89. The van der Waals surface area contributed by atoms with E-state index >= 15 is 0 Å². The molecule has 2 rings (SSSR count). The summed E-state index contributed by atoms with van der Waals surface area (Å²) in [6.45, 7) is 4.39. The number of nitriles is 1. The molecule has 0 fully saturated rings. The highest BCUT2D eigenvalue weighted by atomic mass is 16.5. The van der Waals surface area contributed by atoms with E-state index in [1.54, 1.807) is 6.07 Å². The Morgan fingerprint density at radius 3 is 2.75 bits per heavy atom. The zero-order valence-corrected chi connectivity index (χ0v) is 11.8. The molecule has 0 saturated heterocycles. The first kappa shape index (κ1) is 14.1. The second-order valence-electron chi connectivity index (χ2n) is 4.93. The Balaban J connectivity index is 2.18. The molecule has 0 bridgehead atoms. The molecule has 102 valence electrons. The Kier molecular flexibility index (Phi) is 4.39. The summed E-state index contributed by atoms with van der Waals surface area (Å²) < 4.78 is 5.88. The normalized spacial score (nSPS) is 11.7. The number of hydrogen-bond acceptors (Lipinski definition) is 3. The maximum atomic E-state index is 8.89. The molecule has 2 N–H and O–H groups in total. The van der Waals surface area contributed by atoms with Crippen LogP contribution in [0.4, 0.5) is 0 Å². The number of nitrogens with zero attached hydrogens (tertiary/aromatic N) is 1. The van der Waals surface area contributed by atoms with Gasteiger partial charge in [0.1, 0.15) is 12.4 Å². The van der Waals surface area contributed by atoms with E-state index in [0.29, 0.717) is 12.2 Å². The van der Waals surface area contributed by atoms with Gasteiger partial charge < -0.3 is 10.5 Å². The Morgan fingerprint density at radius 1 is 1.25 bits per heavy atom. The zero-order valence-electron chi connectivity index (χ0n) is 11.8. The molecule has 3 nitrogen and oxygen atoms in total. The first-order valence-electron chi connectivity index (χ1n) is 6.58. The highest BCUT2D eigenvalue weighted by Crippen LogP contribution is 2.26. The van der Waals surface area contributed by atoms with Crippen molar-refractivity contribution >= 4 is 0 Å². The molecule has 20 heavy (non-hydrogen) atoms. The van der Waals surface area contributed by atoms with Crippen molar-refractivity contribution in [1.29, 1.82) is 5.26 Å². The van der Waals surface area contributed by atoms with Crippen LogP contribution in [-0.4, -0.2) is 0 Å². The number of hydrogen-bond donors (Lipinski definition) is 1. The zero-order chi connectivity index (χ0) is 14.5. The van der Waals surface area contributed by atoms with Crippen molar-refractivity contribution in [2.24, 2.45) is 5.73 Å². The highest BCUT2D eigenvalue weighted by molar-refractivity contribution is 5.39. The van der Waals surface area contributed by atoms with Gasteiger partial charge in [-0.15, -0.1) is 0 Å². The fourth-order valence-corrected chi connectivity index (χ4v) is 2.03. The quantitative estimate of drug-likeness (QED) is 0.921. The molecule has 0 spiro atoms. The van der Waals surface area contributed by atoms with E-state index in [1.807, 2.05) is 50.2 Å². The second-order valence-corrected chi connectivity index (χ2v) is 4.93. The van der Waals surface area contributed by atoms with E-state index in [2.05, 4.69) is 6.07 Å². The maximum Gasteiger partial charge on any atom is 0.124 e. The van der Waals surface area contributed by atoms with Gasteiger partial charge in [0, 0.05) is 11.6 Å². The predicted octanol–water partition coefficient (Wildman–Crippen LogP) is 3.47. The van der Waals surface area contributed by atoms with Crippen LogP contribution in [0.3, 0.4) is 0 Å². The van der Waals surface area contributed by atoms with Crippen LogP contribution in [0.25, 0.3) is 0 Å². The van der Waals surface area contributed by atoms with Crippen molar-refractivity contribution in [3.63, 3.8) is 0 Å². The number of ether oxygens (including phenoxy) is 1. The molecule has 0 amide bonds. The van der Waals surface area contributed by atoms with Gasteiger partial charge in [-0.2, -0.15) is 5.26 Å². The summed E-state index contributed by atoms with van der Waals surface area (Å²) in [6, 6.07) is 15.5. The Hall–Kier alpha value is -2.31. The molecule has 0 heterocycles. The summed E-state index contributed by atoms with van der Waals surface area (Å²) in [7, 11) is 0. The summed E-state index contributed by atoms with van der Waals surface area (Å²) in [5, 5.41) is 8.89. The van der Waals surface area contributed by atoms with Crippen LogP contribution in [0.15, 0.2) is 42.5 Å². The number of nitrogens with two attached hydrogens (primary N) is 1. The Labute approximate surface area is 119 Å². The standard InChI is InChI=1S/C17H18N2O/c1-12-6-7-16(13(2)19)17(8-12)20-11-15-5-3-4-14(9-15)10-18/h3-9,13H,11,19H2,1-2H3/t13-/m1/s1. The fourth-order valence-electron chi connectivity index (χ4n) is 2.03. The summed E-state index contributed by atoms with van der Waals surface area (Å²) in [5.41, 5.74) is 9.70. The average Bonchev–Trinajstić information content (AvgIpc) is 2.45. The Bertz CT molecular complexity index is 642. The molecule has 2 aromatic carbocycles. The highest BCUT2D eigenvalue weighted by Gasteiger charge is 2.08. The van der Waals surface area contributed by atoms with Crippen LogP contribution in [-0.2, 0) is 6.61 Å². The average molecular weight is 266 g/mol. The summed E-state index contributed by atoms with van der Waals surface area (Å²) >= 11 is 0. The molecule has 0 aliphatic rings. The van der Waals surface area contributed by atoms with Gasteiger partial charge >= 0.3 is 0 Å². The molecular weight excluding hydrogens is 248 g/mol. The summed E-state index contributed by atoms with van der Waals surface area (Å²) in [4.78, 5) is 0. The first-order valence-corrected chi connectivity index (χ1v) is 6.58. The van der Waals surface area contributed by atoms with E-state index in [1.165, 1.54) is 0 Å². The molecule has 0 saturated carbocycles. The van der Waals surface area contributed by atoms with Crippen molar-refractivity contribution < 1.29 is 4.74 Å². The van der Waals surface area contributed by atoms with Crippen LogP contribution in [0.2, 0.25) is 0 Å². The van der Waals surface area contributed by atoms with Crippen molar-refractivity contribution in [2.45, 2.75) is 26.5 Å². The van der Waals surface area contributed by atoms with Crippen LogP contribution < -0.4 is 10.5 Å². The lowest BCUT2D eigenvalue weighted by Gasteiger charge is -2.15. The van der Waals surface area contributed by atoms with Crippen molar-refractivity contribution in [2.75, 3.05) is 0 Å². The number of aryl methyl sites for hydroxylation is 1. The van der Waals surface area contributed by atoms with E-state index in [4.69, 9.17) is 15.7 Å².